The number of nitrogens with one attached hydrogen (secondary N) is 2. The molecule has 0 aliphatic heterocycles. The summed E-state index contributed by atoms with van der Waals surface area (Å²) >= 11 is 0. The number of carbonyl (C=O) groups excluding carboxylic acids is 2. The van der Waals surface area contributed by atoms with Gasteiger partial charge in [0.05, 0.1) is 0 Å². The number of ether oxygens (including phenoxy) is 1. The van der Waals surface area contributed by atoms with E-state index in [1.54, 1.807) is 6.92 Å². The summed E-state index contributed by atoms with van der Waals surface area (Å²) in [5.41, 5.74) is 5.51. The lowest BCUT2D eigenvalue weighted by Gasteiger charge is -2.29. The molecule has 8 nitrogen and oxygen atoms in total. The van der Waals surface area contributed by atoms with Crippen molar-refractivity contribution in [1.82, 2.24) is 10.8 Å². The van der Waals surface area contributed by atoms with Gasteiger partial charge in [0, 0.05) is 5.92 Å². The Labute approximate surface area is 197 Å². The van der Waals surface area contributed by atoms with Gasteiger partial charge in [-0.3, -0.25) is 9.63 Å². The molecule has 178 valence electrons. The molecule has 2 saturated carbocycles. The van der Waals surface area contributed by atoms with Crippen LogP contribution in [0.4, 0.5) is 4.79 Å². The number of carboxylic acids is 1. The molecule has 2 unspecified atom stereocenters. The zero-order chi connectivity index (χ0) is 23.9. The number of rotatable bonds is 9. The minimum atomic E-state index is -1.25. The third-order valence-corrected chi connectivity index (χ3v) is 7.14. The lowest BCUT2D eigenvalue weighted by atomic mass is 9.95. The Kier molecular flexibility index (Phi) is 5.77. The van der Waals surface area contributed by atoms with Crippen LogP contribution in [0, 0.1) is 11.8 Å². The number of carboxylic acid groups (broad SMARTS) is 1. The Hall–Kier alpha value is -3.39. The number of fused-ring (bicyclic) bond motifs is 3. The number of hydrogen-bond acceptors (Lipinski definition) is 5. The Morgan fingerprint density at radius 2 is 1.59 bits per heavy atom. The van der Waals surface area contributed by atoms with Crippen molar-refractivity contribution in [3.63, 3.8) is 0 Å². The van der Waals surface area contributed by atoms with Crippen LogP contribution in [-0.2, 0) is 19.2 Å². The summed E-state index contributed by atoms with van der Waals surface area (Å²) in [6.07, 6.45) is 1.29. The Morgan fingerprint density at radius 1 is 1.00 bits per heavy atom. The van der Waals surface area contributed by atoms with E-state index in [-0.39, 0.29) is 24.4 Å². The molecule has 3 aliphatic carbocycles. The SMILES string of the molecule is CC(NC(=O)OCC1c2ccccc2-c2ccccc21)(C(=O)NOC(C(=O)O)C1CC1)C1CC1. The topological polar surface area (TPSA) is 114 Å². The molecule has 0 saturated heterocycles. The van der Waals surface area contributed by atoms with Crippen LogP contribution in [-0.4, -0.2) is 41.3 Å². The third-order valence-electron chi connectivity index (χ3n) is 7.14. The fourth-order valence-electron chi connectivity index (χ4n) is 4.82. The maximum Gasteiger partial charge on any atom is 0.408 e. The summed E-state index contributed by atoms with van der Waals surface area (Å²) in [5.74, 6) is -1.94. The van der Waals surface area contributed by atoms with E-state index < -0.39 is 29.6 Å². The van der Waals surface area contributed by atoms with Crippen LogP contribution in [0.1, 0.15) is 49.7 Å². The summed E-state index contributed by atoms with van der Waals surface area (Å²) in [7, 11) is 0. The molecule has 0 heterocycles. The average Bonchev–Trinajstić information content (AvgIpc) is 3.74. The number of aliphatic carboxylic acids is 1. The first-order chi connectivity index (χ1) is 16.4. The molecule has 0 aromatic heterocycles. The van der Waals surface area contributed by atoms with Gasteiger partial charge < -0.3 is 15.2 Å². The van der Waals surface area contributed by atoms with Crippen molar-refractivity contribution in [2.75, 3.05) is 6.61 Å². The minimum absolute atomic E-state index is 0.0687. The fourth-order valence-corrected chi connectivity index (χ4v) is 4.82. The van der Waals surface area contributed by atoms with Gasteiger partial charge in [0.25, 0.3) is 5.91 Å². The largest absolute Gasteiger partial charge is 0.479 e. The van der Waals surface area contributed by atoms with E-state index in [0.29, 0.717) is 0 Å². The summed E-state index contributed by atoms with van der Waals surface area (Å²) in [6, 6.07) is 16.1. The molecular weight excluding hydrogens is 436 g/mol. The van der Waals surface area contributed by atoms with E-state index in [1.165, 1.54) is 0 Å². The van der Waals surface area contributed by atoms with Crippen molar-refractivity contribution in [3.8, 4) is 11.1 Å². The van der Waals surface area contributed by atoms with Crippen LogP contribution < -0.4 is 10.8 Å². The van der Waals surface area contributed by atoms with Crippen molar-refractivity contribution in [3.05, 3.63) is 59.7 Å². The summed E-state index contributed by atoms with van der Waals surface area (Å²) in [5, 5.41) is 12.0. The maximum absolute atomic E-state index is 12.9. The highest BCUT2D eigenvalue weighted by atomic mass is 16.7. The van der Waals surface area contributed by atoms with Crippen molar-refractivity contribution in [2.45, 2.75) is 50.2 Å². The van der Waals surface area contributed by atoms with Crippen LogP contribution >= 0.6 is 0 Å². The summed E-state index contributed by atoms with van der Waals surface area (Å²) in [6.45, 7) is 1.76. The number of benzene rings is 2. The lowest BCUT2D eigenvalue weighted by molar-refractivity contribution is -0.164. The standard InChI is InChI=1S/C26H28N2O6/c1-26(16-12-13-16,24(31)28-34-22(23(29)30)15-10-11-15)27-25(32)33-14-21-19-8-4-2-6-17(19)18-7-3-5-9-20(18)21/h2-9,15-16,21-22H,10-14H2,1H3,(H,27,32)(H,28,31)(H,29,30). The van der Waals surface area contributed by atoms with Gasteiger partial charge >= 0.3 is 12.1 Å². The summed E-state index contributed by atoms with van der Waals surface area (Å²) in [4.78, 5) is 42.3. The zero-order valence-corrected chi connectivity index (χ0v) is 19.0. The zero-order valence-electron chi connectivity index (χ0n) is 19.0. The molecule has 2 aromatic rings. The van der Waals surface area contributed by atoms with Crippen molar-refractivity contribution < 1.29 is 29.1 Å². The fraction of sp³-hybridized carbons (Fsp3) is 0.423. The first-order valence-electron chi connectivity index (χ1n) is 11.7. The molecule has 34 heavy (non-hydrogen) atoms. The Morgan fingerprint density at radius 3 is 2.12 bits per heavy atom. The highest BCUT2D eigenvalue weighted by Gasteiger charge is 2.50. The molecular formula is C26H28N2O6. The van der Waals surface area contributed by atoms with Gasteiger partial charge in [0.2, 0.25) is 0 Å². The van der Waals surface area contributed by atoms with E-state index in [1.807, 2.05) is 36.4 Å². The second kappa shape index (κ2) is 8.76. The van der Waals surface area contributed by atoms with Crippen LogP contribution in [0.3, 0.4) is 0 Å². The minimum Gasteiger partial charge on any atom is -0.479 e. The first-order valence-corrected chi connectivity index (χ1v) is 11.7. The van der Waals surface area contributed by atoms with Gasteiger partial charge in [0.15, 0.2) is 6.10 Å². The molecule has 3 N–H and O–H groups in total. The van der Waals surface area contributed by atoms with Gasteiger partial charge in [-0.1, -0.05) is 48.5 Å². The van der Waals surface area contributed by atoms with E-state index >= 15 is 0 Å². The van der Waals surface area contributed by atoms with Gasteiger partial charge in [-0.2, -0.15) is 0 Å². The summed E-state index contributed by atoms with van der Waals surface area (Å²) < 4.78 is 5.61. The smallest absolute Gasteiger partial charge is 0.408 e. The van der Waals surface area contributed by atoms with Gasteiger partial charge in [-0.05, 0) is 66.7 Å². The molecule has 0 spiro atoms. The van der Waals surface area contributed by atoms with Gasteiger partial charge in [0.1, 0.15) is 12.1 Å². The molecule has 2 amide bonds. The second-order valence-corrected chi connectivity index (χ2v) is 9.57. The first kappa shape index (κ1) is 22.4. The van der Waals surface area contributed by atoms with Crippen molar-refractivity contribution in [2.24, 2.45) is 11.8 Å². The third kappa shape index (κ3) is 4.25. The molecule has 0 bridgehead atoms. The monoisotopic (exact) mass is 464 g/mol. The normalized spacial score (nSPS) is 19.3. The van der Waals surface area contributed by atoms with Gasteiger partial charge in [-0.25, -0.2) is 15.1 Å². The molecule has 2 aromatic carbocycles. The van der Waals surface area contributed by atoms with E-state index in [9.17, 15) is 19.5 Å². The number of carbonyl (C=O) groups is 3. The van der Waals surface area contributed by atoms with Crippen LogP contribution in [0.5, 0.6) is 0 Å². The van der Waals surface area contributed by atoms with E-state index in [0.717, 1.165) is 47.9 Å². The van der Waals surface area contributed by atoms with Crippen LogP contribution in [0.15, 0.2) is 48.5 Å². The molecule has 3 aliphatic rings. The molecule has 5 rings (SSSR count). The number of hydrogen-bond donors (Lipinski definition) is 3. The highest BCUT2D eigenvalue weighted by Crippen LogP contribution is 2.45. The quantitative estimate of drug-likeness (QED) is 0.489. The molecule has 0 radical (unpaired) electrons. The van der Waals surface area contributed by atoms with Crippen LogP contribution in [0.2, 0.25) is 0 Å². The molecule has 2 atom stereocenters. The molecule has 8 heteroatoms. The van der Waals surface area contributed by atoms with Crippen molar-refractivity contribution >= 4 is 18.0 Å². The van der Waals surface area contributed by atoms with E-state index in [2.05, 4.69) is 22.9 Å². The van der Waals surface area contributed by atoms with Crippen LogP contribution in [0.25, 0.3) is 11.1 Å². The van der Waals surface area contributed by atoms with Gasteiger partial charge in [-0.15, -0.1) is 0 Å². The Balaban J connectivity index is 1.23. The number of amides is 2. The second-order valence-electron chi connectivity index (χ2n) is 9.57. The predicted molar refractivity (Wildman–Crippen MR) is 123 cm³/mol. The number of alkyl carbamates (subject to hydrolysis) is 1. The maximum atomic E-state index is 12.9. The Bertz CT molecular complexity index is 1080. The number of hydroxylamine groups is 1. The highest BCUT2D eigenvalue weighted by molar-refractivity contribution is 5.90. The predicted octanol–water partition coefficient (Wildman–Crippen LogP) is 3.60. The molecule has 2 fully saturated rings. The van der Waals surface area contributed by atoms with Crippen molar-refractivity contribution in [1.29, 1.82) is 0 Å². The average molecular weight is 465 g/mol. The van der Waals surface area contributed by atoms with E-state index in [4.69, 9.17) is 9.57 Å². The lowest BCUT2D eigenvalue weighted by Crippen LogP contribution is -2.59.